The lowest BCUT2D eigenvalue weighted by Gasteiger charge is -2.09. The minimum atomic E-state index is -0.530. The third-order valence-corrected chi connectivity index (χ3v) is 4.21. The largest absolute Gasteiger partial charge is 0.322 e. The van der Waals surface area contributed by atoms with E-state index in [0.29, 0.717) is 10.2 Å². The fourth-order valence-electron chi connectivity index (χ4n) is 2.56. The van der Waals surface area contributed by atoms with Gasteiger partial charge in [0.25, 0.3) is 5.91 Å². The van der Waals surface area contributed by atoms with E-state index in [9.17, 15) is 9.18 Å². The zero-order valence-corrected chi connectivity index (χ0v) is 12.3. The summed E-state index contributed by atoms with van der Waals surface area (Å²) in [6, 6.07) is 10.4. The molecule has 1 aliphatic rings. The Bertz CT molecular complexity index is 664. The smallest absolute Gasteiger partial charge is 0.259 e. The van der Waals surface area contributed by atoms with Crippen LogP contribution in [0.25, 0.3) is 0 Å². The standard InChI is InChI=1S/C16H13BrFNO/c17-13-5-2-6-14(18)15(13)16(20)19-12-8-7-10-3-1-4-11(10)9-12/h2,5-9H,1,3-4H2,(H,19,20). The topological polar surface area (TPSA) is 29.1 Å². The second-order valence-electron chi connectivity index (χ2n) is 4.89. The van der Waals surface area contributed by atoms with E-state index in [1.807, 2.05) is 18.2 Å². The van der Waals surface area contributed by atoms with Crippen molar-refractivity contribution in [3.05, 3.63) is 63.4 Å². The maximum absolute atomic E-state index is 13.7. The Morgan fingerprint density at radius 3 is 2.75 bits per heavy atom. The summed E-state index contributed by atoms with van der Waals surface area (Å²) in [7, 11) is 0. The Hall–Kier alpha value is -1.68. The van der Waals surface area contributed by atoms with E-state index in [4.69, 9.17) is 0 Å². The van der Waals surface area contributed by atoms with Gasteiger partial charge < -0.3 is 5.32 Å². The Balaban J connectivity index is 1.86. The molecule has 1 N–H and O–H groups in total. The summed E-state index contributed by atoms with van der Waals surface area (Å²) < 4.78 is 14.2. The predicted molar refractivity (Wildman–Crippen MR) is 80.5 cm³/mol. The van der Waals surface area contributed by atoms with E-state index in [1.165, 1.54) is 17.2 Å². The van der Waals surface area contributed by atoms with Crippen LogP contribution in [-0.2, 0) is 12.8 Å². The molecule has 0 unspecified atom stereocenters. The highest BCUT2D eigenvalue weighted by molar-refractivity contribution is 9.10. The van der Waals surface area contributed by atoms with Gasteiger partial charge in [0.1, 0.15) is 5.82 Å². The van der Waals surface area contributed by atoms with Crippen LogP contribution in [0.4, 0.5) is 10.1 Å². The fraction of sp³-hybridized carbons (Fsp3) is 0.188. The molecule has 0 bridgehead atoms. The lowest BCUT2D eigenvalue weighted by atomic mass is 10.1. The van der Waals surface area contributed by atoms with Crippen LogP contribution in [0.5, 0.6) is 0 Å². The molecule has 2 aromatic rings. The fourth-order valence-corrected chi connectivity index (χ4v) is 3.08. The minimum absolute atomic E-state index is 0.0352. The Kier molecular flexibility index (Phi) is 3.57. The van der Waals surface area contributed by atoms with Crippen molar-refractivity contribution in [1.82, 2.24) is 0 Å². The number of halogens is 2. The number of nitrogens with one attached hydrogen (secondary N) is 1. The van der Waals surface area contributed by atoms with Crippen LogP contribution < -0.4 is 5.32 Å². The predicted octanol–water partition coefficient (Wildman–Crippen LogP) is 4.33. The number of carbonyl (C=O) groups is 1. The summed E-state index contributed by atoms with van der Waals surface area (Å²) >= 11 is 3.21. The Labute approximate surface area is 125 Å². The summed E-state index contributed by atoms with van der Waals surface area (Å²) in [6.07, 6.45) is 3.30. The van der Waals surface area contributed by atoms with Crippen LogP contribution in [0.3, 0.4) is 0 Å². The first-order chi connectivity index (χ1) is 9.65. The molecular formula is C16H13BrFNO. The highest BCUT2D eigenvalue weighted by Gasteiger charge is 2.17. The van der Waals surface area contributed by atoms with Gasteiger partial charge in [-0.05, 0) is 70.6 Å². The summed E-state index contributed by atoms with van der Waals surface area (Å²) in [6.45, 7) is 0. The zero-order chi connectivity index (χ0) is 14.1. The second-order valence-corrected chi connectivity index (χ2v) is 5.74. The molecule has 0 heterocycles. The number of aryl methyl sites for hydroxylation is 2. The van der Waals surface area contributed by atoms with Gasteiger partial charge >= 0.3 is 0 Å². The molecule has 0 aromatic heterocycles. The number of fused-ring (bicyclic) bond motifs is 1. The van der Waals surface area contributed by atoms with Crippen molar-refractivity contribution in [3.8, 4) is 0 Å². The van der Waals surface area contributed by atoms with Crippen molar-refractivity contribution in [3.63, 3.8) is 0 Å². The van der Waals surface area contributed by atoms with E-state index in [1.54, 1.807) is 12.1 Å². The first-order valence-electron chi connectivity index (χ1n) is 6.52. The van der Waals surface area contributed by atoms with Gasteiger partial charge in [0.2, 0.25) is 0 Å². The SMILES string of the molecule is O=C(Nc1ccc2c(c1)CCC2)c1c(F)cccc1Br. The van der Waals surface area contributed by atoms with Crippen LogP contribution in [0.1, 0.15) is 27.9 Å². The van der Waals surface area contributed by atoms with E-state index in [2.05, 4.69) is 21.2 Å². The average Bonchev–Trinajstić information content (AvgIpc) is 2.85. The normalized spacial score (nSPS) is 13.1. The number of hydrogen-bond acceptors (Lipinski definition) is 1. The summed E-state index contributed by atoms with van der Waals surface area (Å²) in [4.78, 5) is 12.2. The van der Waals surface area contributed by atoms with Crippen molar-refractivity contribution >= 4 is 27.5 Å². The molecule has 1 aliphatic carbocycles. The van der Waals surface area contributed by atoms with E-state index in [-0.39, 0.29) is 5.56 Å². The number of carbonyl (C=O) groups excluding carboxylic acids is 1. The van der Waals surface area contributed by atoms with Gasteiger partial charge in [-0.2, -0.15) is 0 Å². The highest BCUT2D eigenvalue weighted by Crippen LogP contribution is 2.26. The van der Waals surface area contributed by atoms with Gasteiger partial charge in [-0.1, -0.05) is 12.1 Å². The quantitative estimate of drug-likeness (QED) is 0.870. The zero-order valence-electron chi connectivity index (χ0n) is 10.7. The highest BCUT2D eigenvalue weighted by atomic mass is 79.9. The average molecular weight is 334 g/mol. The van der Waals surface area contributed by atoms with Gasteiger partial charge in [0.05, 0.1) is 5.56 Å². The molecule has 0 fully saturated rings. The van der Waals surface area contributed by atoms with Crippen LogP contribution >= 0.6 is 15.9 Å². The van der Waals surface area contributed by atoms with Crippen molar-refractivity contribution < 1.29 is 9.18 Å². The molecule has 20 heavy (non-hydrogen) atoms. The molecule has 0 saturated carbocycles. The molecule has 3 rings (SSSR count). The lowest BCUT2D eigenvalue weighted by molar-refractivity contribution is 0.102. The monoisotopic (exact) mass is 333 g/mol. The number of anilines is 1. The number of amides is 1. The molecular weight excluding hydrogens is 321 g/mol. The molecule has 0 spiro atoms. The van der Waals surface area contributed by atoms with E-state index < -0.39 is 11.7 Å². The van der Waals surface area contributed by atoms with Crippen molar-refractivity contribution in [2.45, 2.75) is 19.3 Å². The Morgan fingerprint density at radius 2 is 1.95 bits per heavy atom. The maximum Gasteiger partial charge on any atom is 0.259 e. The summed E-state index contributed by atoms with van der Waals surface area (Å²) in [5.74, 6) is -0.967. The van der Waals surface area contributed by atoms with Crippen molar-refractivity contribution in [1.29, 1.82) is 0 Å². The van der Waals surface area contributed by atoms with E-state index in [0.717, 1.165) is 19.3 Å². The van der Waals surface area contributed by atoms with Crippen LogP contribution in [-0.4, -0.2) is 5.91 Å². The lowest BCUT2D eigenvalue weighted by Crippen LogP contribution is -2.14. The molecule has 0 atom stereocenters. The van der Waals surface area contributed by atoms with Gasteiger partial charge in [-0.15, -0.1) is 0 Å². The summed E-state index contributed by atoms with van der Waals surface area (Å²) in [5.41, 5.74) is 3.37. The van der Waals surface area contributed by atoms with Gasteiger partial charge in [-0.25, -0.2) is 4.39 Å². The first kappa shape index (κ1) is 13.3. The number of rotatable bonds is 2. The third-order valence-electron chi connectivity index (χ3n) is 3.55. The molecule has 1 amide bonds. The van der Waals surface area contributed by atoms with Crippen molar-refractivity contribution in [2.24, 2.45) is 0 Å². The molecule has 0 aliphatic heterocycles. The first-order valence-corrected chi connectivity index (χ1v) is 7.31. The van der Waals surface area contributed by atoms with Gasteiger partial charge in [0, 0.05) is 10.2 Å². The number of hydrogen-bond donors (Lipinski definition) is 1. The second kappa shape index (κ2) is 5.37. The molecule has 102 valence electrons. The molecule has 2 nitrogen and oxygen atoms in total. The minimum Gasteiger partial charge on any atom is -0.322 e. The van der Waals surface area contributed by atoms with Gasteiger partial charge in [-0.3, -0.25) is 4.79 Å². The molecule has 0 saturated heterocycles. The number of benzene rings is 2. The molecule has 0 radical (unpaired) electrons. The Morgan fingerprint density at radius 1 is 1.15 bits per heavy atom. The summed E-state index contributed by atoms with van der Waals surface area (Å²) in [5, 5.41) is 2.76. The molecule has 2 aromatic carbocycles. The van der Waals surface area contributed by atoms with Gasteiger partial charge in [0.15, 0.2) is 0 Å². The van der Waals surface area contributed by atoms with Crippen LogP contribution in [0, 0.1) is 5.82 Å². The molecule has 4 heteroatoms. The van der Waals surface area contributed by atoms with Crippen molar-refractivity contribution in [2.75, 3.05) is 5.32 Å². The van der Waals surface area contributed by atoms with E-state index >= 15 is 0 Å². The van der Waals surface area contributed by atoms with Crippen LogP contribution in [0.2, 0.25) is 0 Å². The van der Waals surface area contributed by atoms with Crippen LogP contribution in [0.15, 0.2) is 40.9 Å². The third kappa shape index (κ3) is 2.48. The maximum atomic E-state index is 13.7.